The van der Waals surface area contributed by atoms with E-state index in [1.807, 2.05) is 0 Å². The van der Waals surface area contributed by atoms with Crippen LogP contribution in [0.1, 0.15) is 13.8 Å². The van der Waals surface area contributed by atoms with E-state index in [1.165, 1.54) is 0 Å². The summed E-state index contributed by atoms with van der Waals surface area (Å²) in [5, 5.41) is 21.9. The summed E-state index contributed by atoms with van der Waals surface area (Å²) in [5.41, 5.74) is 0.839. The van der Waals surface area contributed by atoms with Crippen LogP contribution in [0.5, 0.6) is 5.75 Å². The van der Waals surface area contributed by atoms with Gasteiger partial charge in [0.2, 0.25) is 5.16 Å². The Bertz CT molecular complexity index is 466. The predicted molar refractivity (Wildman–Crippen MR) is 61.8 cm³/mol. The van der Waals surface area contributed by atoms with Gasteiger partial charge in [0.25, 0.3) is 0 Å². The van der Waals surface area contributed by atoms with Crippen molar-refractivity contribution in [1.29, 1.82) is 0 Å². The van der Waals surface area contributed by atoms with E-state index in [-0.39, 0.29) is 5.75 Å². The molecular weight excluding hydrogens is 224 g/mol. The Balaban J connectivity index is 2.33. The average Bonchev–Trinajstić information content (AvgIpc) is 2.66. The first kappa shape index (κ1) is 10.9. The summed E-state index contributed by atoms with van der Waals surface area (Å²) in [6.45, 7) is 4.17. The average molecular weight is 236 g/mol. The minimum absolute atomic E-state index is 0.231. The molecule has 0 aliphatic rings. The summed E-state index contributed by atoms with van der Waals surface area (Å²) in [5.74, 6) is 0.231. The second kappa shape index (κ2) is 4.52. The first-order chi connectivity index (χ1) is 7.66. The lowest BCUT2D eigenvalue weighted by Crippen LogP contribution is -2.00. The van der Waals surface area contributed by atoms with Crippen LogP contribution in [0, 0.1) is 0 Å². The lowest BCUT2D eigenvalue weighted by atomic mass is 10.3. The Morgan fingerprint density at radius 1 is 1.25 bits per heavy atom. The molecule has 6 heteroatoms. The number of rotatable bonds is 3. The van der Waals surface area contributed by atoms with E-state index in [4.69, 9.17) is 0 Å². The number of benzene rings is 1. The molecule has 0 saturated heterocycles. The first-order valence-corrected chi connectivity index (χ1v) is 5.79. The number of tetrazole rings is 1. The molecule has 84 valence electrons. The fourth-order valence-electron chi connectivity index (χ4n) is 1.22. The van der Waals surface area contributed by atoms with E-state index in [1.54, 1.807) is 40.7 Å². The number of phenolic OH excluding ortho intramolecular Hbond substituents is 1. The van der Waals surface area contributed by atoms with Crippen LogP contribution in [0.15, 0.2) is 29.4 Å². The molecule has 0 radical (unpaired) electrons. The number of hydrogen-bond acceptors (Lipinski definition) is 5. The monoisotopic (exact) mass is 236 g/mol. The van der Waals surface area contributed by atoms with Gasteiger partial charge in [-0.05, 0) is 34.7 Å². The lowest BCUT2D eigenvalue weighted by Gasteiger charge is -2.05. The van der Waals surface area contributed by atoms with Gasteiger partial charge in [0.05, 0.1) is 5.69 Å². The zero-order chi connectivity index (χ0) is 11.5. The highest BCUT2D eigenvalue weighted by atomic mass is 32.2. The molecule has 1 heterocycles. The van der Waals surface area contributed by atoms with Crippen molar-refractivity contribution in [3.8, 4) is 11.4 Å². The van der Waals surface area contributed by atoms with Crippen molar-refractivity contribution in [3.63, 3.8) is 0 Å². The Hall–Kier alpha value is -1.56. The molecule has 0 bridgehead atoms. The van der Waals surface area contributed by atoms with E-state index < -0.39 is 0 Å². The number of aromatic nitrogens is 4. The fraction of sp³-hybridized carbons (Fsp3) is 0.300. The maximum absolute atomic E-state index is 9.20. The molecule has 1 aromatic carbocycles. The Morgan fingerprint density at radius 3 is 2.56 bits per heavy atom. The van der Waals surface area contributed by atoms with Gasteiger partial charge in [-0.25, -0.2) is 0 Å². The summed E-state index contributed by atoms with van der Waals surface area (Å²) in [6.07, 6.45) is 0. The molecule has 5 nitrogen and oxygen atoms in total. The van der Waals surface area contributed by atoms with Crippen LogP contribution in [-0.4, -0.2) is 30.6 Å². The van der Waals surface area contributed by atoms with Crippen molar-refractivity contribution in [3.05, 3.63) is 24.3 Å². The highest BCUT2D eigenvalue weighted by Gasteiger charge is 2.10. The van der Waals surface area contributed by atoms with Crippen LogP contribution in [0.4, 0.5) is 0 Å². The van der Waals surface area contributed by atoms with Crippen molar-refractivity contribution in [2.75, 3.05) is 0 Å². The molecular formula is C10H12N4OS. The minimum atomic E-state index is 0.231. The van der Waals surface area contributed by atoms with Gasteiger partial charge in [-0.1, -0.05) is 25.6 Å². The van der Waals surface area contributed by atoms with E-state index in [2.05, 4.69) is 29.4 Å². The number of thioether (sulfide) groups is 1. The standard InChI is InChI=1S/C10H12N4OS/c1-7(2)16-10-11-12-13-14(10)8-3-5-9(15)6-4-8/h3-7,15H,1-2H3. The molecule has 0 spiro atoms. The maximum Gasteiger partial charge on any atom is 0.214 e. The SMILES string of the molecule is CC(C)Sc1nnnn1-c1ccc(O)cc1. The van der Waals surface area contributed by atoms with Crippen LogP contribution in [0.25, 0.3) is 5.69 Å². The smallest absolute Gasteiger partial charge is 0.214 e. The molecule has 0 atom stereocenters. The normalized spacial score (nSPS) is 10.9. The highest BCUT2D eigenvalue weighted by Crippen LogP contribution is 2.22. The molecule has 1 N–H and O–H groups in total. The van der Waals surface area contributed by atoms with Gasteiger partial charge in [0, 0.05) is 5.25 Å². The van der Waals surface area contributed by atoms with Gasteiger partial charge in [0.15, 0.2) is 0 Å². The van der Waals surface area contributed by atoms with Crippen LogP contribution >= 0.6 is 11.8 Å². The van der Waals surface area contributed by atoms with E-state index in [0.717, 1.165) is 10.8 Å². The topological polar surface area (TPSA) is 63.8 Å². The van der Waals surface area contributed by atoms with Gasteiger partial charge in [-0.3, -0.25) is 0 Å². The number of nitrogens with zero attached hydrogens (tertiary/aromatic N) is 4. The number of aromatic hydroxyl groups is 1. The Labute approximate surface area is 97.5 Å². The quantitative estimate of drug-likeness (QED) is 0.824. The minimum Gasteiger partial charge on any atom is -0.508 e. The van der Waals surface area contributed by atoms with Crippen LogP contribution in [0.2, 0.25) is 0 Å². The molecule has 2 aromatic rings. The molecule has 1 aromatic heterocycles. The van der Waals surface area contributed by atoms with E-state index in [9.17, 15) is 5.11 Å². The van der Waals surface area contributed by atoms with Gasteiger partial charge < -0.3 is 5.11 Å². The summed E-state index contributed by atoms with van der Waals surface area (Å²) in [4.78, 5) is 0. The molecule has 0 aliphatic heterocycles. The number of phenols is 1. The van der Waals surface area contributed by atoms with Crippen molar-refractivity contribution in [2.45, 2.75) is 24.3 Å². The van der Waals surface area contributed by atoms with Gasteiger partial charge in [-0.15, -0.1) is 5.10 Å². The second-order valence-electron chi connectivity index (χ2n) is 3.56. The van der Waals surface area contributed by atoms with Crippen LogP contribution in [-0.2, 0) is 0 Å². The first-order valence-electron chi connectivity index (χ1n) is 4.91. The molecule has 0 unspecified atom stereocenters. The third kappa shape index (κ3) is 2.33. The molecule has 0 fully saturated rings. The molecule has 2 rings (SSSR count). The Kier molecular flexibility index (Phi) is 3.09. The molecule has 0 aliphatic carbocycles. The van der Waals surface area contributed by atoms with Gasteiger partial charge in [0.1, 0.15) is 5.75 Å². The Morgan fingerprint density at radius 2 is 1.94 bits per heavy atom. The van der Waals surface area contributed by atoms with Crippen molar-refractivity contribution in [2.24, 2.45) is 0 Å². The van der Waals surface area contributed by atoms with Crippen molar-refractivity contribution in [1.82, 2.24) is 20.2 Å². The van der Waals surface area contributed by atoms with Gasteiger partial charge in [-0.2, -0.15) is 4.68 Å². The lowest BCUT2D eigenvalue weighted by molar-refractivity contribution is 0.475. The van der Waals surface area contributed by atoms with Crippen molar-refractivity contribution < 1.29 is 5.11 Å². The van der Waals surface area contributed by atoms with E-state index in [0.29, 0.717) is 5.25 Å². The zero-order valence-corrected chi connectivity index (χ0v) is 9.85. The molecule has 0 amide bonds. The highest BCUT2D eigenvalue weighted by molar-refractivity contribution is 7.99. The van der Waals surface area contributed by atoms with Crippen LogP contribution in [0.3, 0.4) is 0 Å². The summed E-state index contributed by atoms with van der Waals surface area (Å²) in [7, 11) is 0. The zero-order valence-electron chi connectivity index (χ0n) is 9.03. The largest absolute Gasteiger partial charge is 0.508 e. The maximum atomic E-state index is 9.20. The molecule has 16 heavy (non-hydrogen) atoms. The summed E-state index contributed by atoms with van der Waals surface area (Å²) in [6, 6.07) is 6.77. The number of hydrogen-bond donors (Lipinski definition) is 1. The summed E-state index contributed by atoms with van der Waals surface area (Å²) < 4.78 is 1.66. The predicted octanol–water partition coefficient (Wildman–Crippen LogP) is 1.87. The third-order valence-corrected chi connectivity index (χ3v) is 2.81. The van der Waals surface area contributed by atoms with E-state index >= 15 is 0 Å². The van der Waals surface area contributed by atoms with Gasteiger partial charge >= 0.3 is 0 Å². The fourth-order valence-corrected chi connectivity index (χ4v) is 1.97. The van der Waals surface area contributed by atoms with Crippen molar-refractivity contribution >= 4 is 11.8 Å². The second-order valence-corrected chi connectivity index (χ2v) is 5.10. The summed E-state index contributed by atoms with van der Waals surface area (Å²) >= 11 is 1.60. The third-order valence-electron chi connectivity index (χ3n) is 1.88. The van der Waals surface area contributed by atoms with Crippen LogP contribution < -0.4 is 0 Å². The molecule has 0 saturated carbocycles.